The summed E-state index contributed by atoms with van der Waals surface area (Å²) in [6.07, 6.45) is 3.42. The second-order valence-electron chi connectivity index (χ2n) is 6.76. The number of anilines is 1. The Kier molecular flexibility index (Phi) is 5.07. The minimum Gasteiger partial charge on any atom is -0.493 e. The Morgan fingerprint density at radius 1 is 1.26 bits per heavy atom. The van der Waals surface area contributed by atoms with Crippen molar-refractivity contribution in [1.29, 1.82) is 0 Å². The van der Waals surface area contributed by atoms with Crippen LogP contribution in [0.3, 0.4) is 0 Å². The highest BCUT2D eigenvalue weighted by atomic mass is 16.5. The molecule has 0 amide bonds. The fraction of sp³-hybridized carbons (Fsp3) is 0.333. The summed E-state index contributed by atoms with van der Waals surface area (Å²) in [4.78, 5) is 8.64. The summed E-state index contributed by atoms with van der Waals surface area (Å²) in [7, 11) is 1.67. The van der Waals surface area contributed by atoms with Gasteiger partial charge in [-0.15, -0.1) is 0 Å². The van der Waals surface area contributed by atoms with E-state index in [2.05, 4.69) is 33.5 Å². The third-order valence-corrected chi connectivity index (χ3v) is 4.88. The van der Waals surface area contributed by atoms with Gasteiger partial charge in [0.2, 0.25) is 0 Å². The lowest BCUT2D eigenvalue weighted by atomic mass is 9.90. The van der Waals surface area contributed by atoms with Crippen molar-refractivity contribution in [2.45, 2.75) is 12.8 Å². The van der Waals surface area contributed by atoms with Gasteiger partial charge in [0.15, 0.2) is 11.5 Å². The van der Waals surface area contributed by atoms with E-state index in [0.29, 0.717) is 19.1 Å². The molecule has 0 radical (unpaired) electrons. The average molecular weight is 365 g/mol. The van der Waals surface area contributed by atoms with E-state index in [9.17, 15) is 0 Å². The largest absolute Gasteiger partial charge is 0.493 e. The Morgan fingerprint density at radius 3 is 3.04 bits per heavy atom. The molecule has 1 aromatic heterocycles. The number of benzene rings is 2. The number of aliphatic hydroxyl groups excluding tert-OH is 1. The van der Waals surface area contributed by atoms with Crippen molar-refractivity contribution in [3.63, 3.8) is 0 Å². The Bertz CT molecular complexity index is 945. The van der Waals surface area contributed by atoms with Gasteiger partial charge < -0.3 is 19.9 Å². The number of aliphatic hydroxyl groups is 1. The van der Waals surface area contributed by atoms with Crippen LogP contribution in [-0.2, 0) is 12.8 Å². The van der Waals surface area contributed by atoms with Gasteiger partial charge in [-0.2, -0.15) is 0 Å². The fourth-order valence-electron chi connectivity index (χ4n) is 3.63. The zero-order valence-corrected chi connectivity index (χ0v) is 15.3. The number of hydrogen-bond donors (Lipinski definition) is 2. The Labute approximate surface area is 158 Å². The number of aromatic nitrogens is 2. The highest BCUT2D eigenvalue weighted by Crippen LogP contribution is 2.37. The van der Waals surface area contributed by atoms with E-state index in [-0.39, 0.29) is 6.61 Å². The number of methoxy groups -OCH3 is 1. The van der Waals surface area contributed by atoms with E-state index in [0.717, 1.165) is 41.1 Å². The van der Waals surface area contributed by atoms with Crippen LogP contribution in [0.1, 0.15) is 11.1 Å². The molecule has 0 aliphatic carbocycles. The summed E-state index contributed by atoms with van der Waals surface area (Å²) in [5.41, 5.74) is 3.31. The van der Waals surface area contributed by atoms with Crippen LogP contribution in [0.2, 0.25) is 0 Å². The molecule has 27 heavy (non-hydrogen) atoms. The SMILES string of the molecule is COc1cccc2c1OCC(Cc1ccc3ncnc(NCCO)c3c1)C2. The topological polar surface area (TPSA) is 76.5 Å². The molecule has 2 N–H and O–H groups in total. The van der Waals surface area contributed by atoms with Crippen LogP contribution in [0.25, 0.3) is 10.9 Å². The van der Waals surface area contributed by atoms with Gasteiger partial charge in [-0.05, 0) is 42.2 Å². The third-order valence-electron chi connectivity index (χ3n) is 4.88. The molecule has 6 heteroatoms. The van der Waals surface area contributed by atoms with Crippen molar-refractivity contribution < 1.29 is 14.6 Å². The number of nitrogens with zero attached hydrogens (tertiary/aromatic N) is 2. The lowest BCUT2D eigenvalue weighted by Gasteiger charge is -2.26. The van der Waals surface area contributed by atoms with Gasteiger partial charge in [0.1, 0.15) is 12.1 Å². The fourth-order valence-corrected chi connectivity index (χ4v) is 3.63. The Hall–Kier alpha value is -2.86. The highest BCUT2D eigenvalue weighted by Gasteiger charge is 2.23. The molecule has 1 unspecified atom stereocenters. The summed E-state index contributed by atoms with van der Waals surface area (Å²) >= 11 is 0. The first-order valence-corrected chi connectivity index (χ1v) is 9.15. The number of rotatable bonds is 6. The van der Waals surface area contributed by atoms with Crippen LogP contribution in [0.4, 0.5) is 5.82 Å². The maximum Gasteiger partial charge on any atom is 0.164 e. The van der Waals surface area contributed by atoms with Gasteiger partial charge >= 0.3 is 0 Å². The second-order valence-corrected chi connectivity index (χ2v) is 6.76. The predicted molar refractivity (Wildman–Crippen MR) is 105 cm³/mol. The maximum atomic E-state index is 9.06. The zero-order chi connectivity index (χ0) is 18.6. The van der Waals surface area contributed by atoms with E-state index in [1.807, 2.05) is 18.2 Å². The van der Waals surface area contributed by atoms with E-state index in [1.54, 1.807) is 13.4 Å². The minimum absolute atomic E-state index is 0.0630. The predicted octanol–water partition coefficient (Wildman–Crippen LogP) is 2.84. The molecule has 1 aliphatic heterocycles. The smallest absolute Gasteiger partial charge is 0.164 e. The van der Waals surface area contributed by atoms with E-state index in [1.165, 1.54) is 11.1 Å². The molecule has 2 aromatic carbocycles. The van der Waals surface area contributed by atoms with Gasteiger partial charge in [-0.3, -0.25) is 0 Å². The average Bonchev–Trinajstić information content (AvgIpc) is 2.71. The summed E-state index contributed by atoms with van der Waals surface area (Å²) in [6, 6.07) is 12.3. The standard InChI is InChI=1S/C21H23N3O3/c1-26-19-4-2-3-16-10-15(12-27-20(16)19)9-14-5-6-18-17(11-14)21(22-7-8-25)24-13-23-18/h2-6,11,13,15,25H,7-10,12H2,1H3,(H,22,23,24). The summed E-state index contributed by atoms with van der Waals surface area (Å²) < 4.78 is 11.4. The number of hydrogen-bond acceptors (Lipinski definition) is 6. The molecule has 3 aromatic rings. The van der Waals surface area contributed by atoms with Crippen molar-refractivity contribution >= 4 is 16.7 Å². The third kappa shape index (κ3) is 3.66. The van der Waals surface area contributed by atoms with E-state index in [4.69, 9.17) is 14.6 Å². The summed E-state index contributed by atoms with van der Waals surface area (Å²) in [5.74, 6) is 2.83. The first-order chi connectivity index (χ1) is 13.3. The van der Waals surface area contributed by atoms with Gasteiger partial charge in [0.25, 0.3) is 0 Å². The van der Waals surface area contributed by atoms with Crippen LogP contribution in [0.5, 0.6) is 11.5 Å². The number of para-hydroxylation sites is 1. The van der Waals surface area contributed by atoms with Crippen LogP contribution in [-0.4, -0.2) is 41.9 Å². The molecule has 6 nitrogen and oxygen atoms in total. The lowest BCUT2D eigenvalue weighted by Crippen LogP contribution is -2.23. The normalized spacial score (nSPS) is 15.9. The van der Waals surface area contributed by atoms with Crippen molar-refractivity contribution in [2.75, 3.05) is 32.2 Å². The van der Waals surface area contributed by atoms with Crippen molar-refractivity contribution in [1.82, 2.24) is 9.97 Å². The first kappa shape index (κ1) is 17.5. The Morgan fingerprint density at radius 2 is 2.19 bits per heavy atom. The Balaban J connectivity index is 1.55. The quantitative estimate of drug-likeness (QED) is 0.700. The molecule has 0 saturated carbocycles. The monoisotopic (exact) mass is 365 g/mol. The molecule has 140 valence electrons. The minimum atomic E-state index is 0.0630. The molecule has 0 saturated heterocycles. The summed E-state index contributed by atoms with van der Waals surface area (Å²) in [6.45, 7) is 1.20. The zero-order valence-electron chi connectivity index (χ0n) is 15.3. The van der Waals surface area contributed by atoms with E-state index < -0.39 is 0 Å². The number of ether oxygens (including phenoxy) is 2. The molecule has 2 heterocycles. The first-order valence-electron chi connectivity index (χ1n) is 9.15. The van der Waals surface area contributed by atoms with Crippen LogP contribution < -0.4 is 14.8 Å². The van der Waals surface area contributed by atoms with Crippen LogP contribution in [0, 0.1) is 5.92 Å². The van der Waals surface area contributed by atoms with E-state index >= 15 is 0 Å². The molecular weight excluding hydrogens is 342 g/mol. The van der Waals surface area contributed by atoms with Gasteiger partial charge in [-0.1, -0.05) is 18.2 Å². The van der Waals surface area contributed by atoms with Gasteiger partial charge in [-0.25, -0.2) is 9.97 Å². The maximum absolute atomic E-state index is 9.06. The molecule has 0 bridgehead atoms. The molecular formula is C21H23N3O3. The molecule has 1 atom stereocenters. The van der Waals surface area contributed by atoms with Crippen LogP contribution >= 0.6 is 0 Å². The number of fused-ring (bicyclic) bond motifs is 2. The lowest BCUT2D eigenvalue weighted by molar-refractivity contribution is 0.211. The van der Waals surface area contributed by atoms with Crippen LogP contribution in [0.15, 0.2) is 42.7 Å². The highest BCUT2D eigenvalue weighted by molar-refractivity contribution is 5.89. The molecule has 0 spiro atoms. The molecule has 4 rings (SSSR count). The van der Waals surface area contributed by atoms with Gasteiger partial charge in [0, 0.05) is 17.8 Å². The molecule has 1 aliphatic rings. The second kappa shape index (κ2) is 7.80. The van der Waals surface area contributed by atoms with Gasteiger partial charge in [0.05, 0.1) is 25.8 Å². The van der Waals surface area contributed by atoms with Crippen molar-refractivity contribution in [2.24, 2.45) is 5.92 Å². The summed E-state index contributed by atoms with van der Waals surface area (Å²) in [5, 5.41) is 13.2. The molecule has 0 fully saturated rings. The van der Waals surface area contributed by atoms with Crippen molar-refractivity contribution in [3.8, 4) is 11.5 Å². The van der Waals surface area contributed by atoms with Crippen molar-refractivity contribution in [3.05, 3.63) is 53.9 Å². The number of nitrogens with one attached hydrogen (secondary N) is 1.